The highest BCUT2D eigenvalue weighted by molar-refractivity contribution is 7.99. The number of nitrogens with zero attached hydrogens (tertiary/aromatic N) is 6. The van der Waals surface area contributed by atoms with E-state index in [1.165, 1.54) is 0 Å². The maximum absolute atomic E-state index is 4.43. The summed E-state index contributed by atoms with van der Waals surface area (Å²) in [5.41, 5.74) is 1.88. The second-order valence-electron chi connectivity index (χ2n) is 5.24. The number of thioether (sulfide) groups is 1. The number of aromatic nitrogens is 6. The van der Waals surface area contributed by atoms with Gasteiger partial charge in [0.2, 0.25) is 0 Å². The Kier molecular flexibility index (Phi) is 3.92. The molecule has 0 bridgehead atoms. The molecule has 0 saturated carbocycles. The molecule has 7 heteroatoms. The molecule has 0 radical (unpaired) electrons. The molecule has 0 spiro atoms. The molecule has 0 aliphatic heterocycles. The Morgan fingerprint density at radius 3 is 2.62 bits per heavy atom. The minimum Gasteiger partial charge on any atom is -0.236 e. The van der Waals surface area contributed by atoms with Crippen LogP contribution in [-0.4, -0.2) is 30.2 Å². The van der Waals surface area contributed by atoms with Crippen molar-refractivity contribution in [3.63, 3.8) is 0 Å². The summed E-state index contributed by atoms with van der Waals surface area (Å²) in [4.78, 5) is 8.74. The van der Waals surface area contributed by atoms with Crippen molar-refractivity contribution >= 4 is 22.7 Å². The minimum atomic E-state index is 0.0403. The summed E-state index contributed by atoms with van der Waals surface area (Å²) in [6, 6.07) is 17.9. The number of hydrogen-bond donors (Lipinski definition) is 0. The highest BCUT2D eigenvalue weighted by Gasteiger charge is 2.18. The topological polar surface area (TPSA) is 69.4 Å². The van der Waals surface area contributed by atoms with Gasteiger partial charge in [0.1, 0.15) is 11.4 Å². The molecule has 1 unspecified atom stereocenters. The van der Waals surface area contributed by atoms with Gasteiger partial charge in [-0.25, -0.2) is 9.97 Å². The van der Waals surface area contributed by atoms with Crippen LogP contribution in [0.3, 0.4) is 0 Å². The lowest BCUT2D eigenvalue weighted by Crippen LogP contribution is -2.05. The highest BCUT2D eigenvalue weighted by Crippen LogP contribution is 2.36. The van der Waals surface area contributed by atoms with E-state index in [1.54, 1.807) is 22.8 Å². The van der Waals surface area contributed by atoms with Crippen molar-refractivity contribution in [3.8, 4) is 5.69 Å². The first-order chi connectivity index (χ1) is 11.8. The van der Waals surface area contributed by atoms with Gasteiger partial charge in [0.15, 0.2) is 5.82 Å². The normalized spacial score (nSPS) is 12.4. The summed E-state index contributed by atoms with van der Waals surface area (Å²) in [7, 11) is 0. The maximum atomic E-state index is 4.43. The summed E-state index contributed by atoms with van der Waals surface area (Å²) >= 11 is 1.63. The molecular weight excluding hydrogens is 320 g/mol. The summed E-state index contributed by atoms with van der Waals surface area (Å²) in [5.74, 6) is 0.786. The Hall–Kier alpha value is -2.80. The zero-order chi connectivity index (χ0) is 16.4. The molecule has 4 rings (SSSR count). The fraction of sp³-hybridized carbons (Fsp3) is 0.118. The third-order valence-electron chi connectivity index (χ3n) is 3.65. The van der Waals surface area contributed by atoms with E-state index in [-0.39, 0.29) is 5.25 Å². The van der Waals surface area contributed by atoms with Crippen molar-refractivity contribution in [2.45, 2.75) is 17.2 Å². The van der Waals surface area contributed by atoms with Crippen LogP contribution < -0.4 is 0 Å². The van der Waals surface area contributed by atoms with Crippen molar-refractivity contribution < 1.29 is 0 Å². The number of rotatable bonds is 4. The summed E-state index contributed by atoms with van der Waals surface area (Å²) in [5, 5.41) is 14.2. The van der Waals surface area contributed by atoms with Gasteiger partial charge in [0, 0.05) is 5.39 Å². The number of para-hydroxylation sites is 2. The van der Waals surface area contributed by atoms with Gasteiger partial charge in [-0.1, -0.05) is 48.2 Å². The van der Waals surface area contributed by atoms with Crippen molar-refractivity contribution in [1.82, 2.24) is 30.2 Å². The summed E-state index contributed by atoms with van der Waals surface area (Å²) < 4.78 is 1.76. The Labute approximate surface area is 143 Å². The fourth-order valence-corrected chi connectivity index (χ4v) is 3.49. The minimum absolute atomic E-state index is 0.0403. The van der Waals surface area contributed by atoms with Gasteiger partial charge in [-0.3, -0.25) is 0 Å². The molecule has 4 aromatic rings. The number of fused-ring (bicyclic) bond motifs is 1. The van der Waals surface area contributed by atoms with E-state index in [0.717, 1.165) is 27.4 Å². The summed E-state index contributed by atoms with van der Waals surface area (Å²) in [6.07, 6.45) is 1.59. The van der Waals surface area contributed by atoms with E-state index in [9.17, 15) is 0 Å². The molecule has 0 N–H and O–H groups in total. The molecule has 2 aromatic carbocycles. The third kappa shape index (κ3) is 2.74. The smallest absolute Gasteiger partial charge is 0.169 e. The van der Waals surface area contributed by atoms with Crippen LogP contribution in [0.25, 0.3) is 16.6 Å². The molecule has 0 fully saturated rings. The quantitative estimate of drug-likeness (QED) is 0.420. The van der Waals surface area contributed by atoms with Crippen LogP contribution >= 0.6 is 11.8 Å². The van der Waals surface area contributed by atoms with Gasteiger partial charge in [0.25, 0.3) is 0 Å². The van der Waals surface area contributed by atoms with E-state index in [4.69, 9.17) is 0 Å². The lowest BCUT2D eigenvalue weighted by atomic mass is 10.2. The van der Waals surface area contributed by atoms with Crippen LogP contribution in [0.2, 0.25) is 0 Å². The lowest BCUT2D eigenvalue weighted by Gasteiger charge is -2.12. The third-order valence-corrected chi connectivity index (χ3v) is 4.77. The van der Waals surface area contributed by atoms with Crippen molar-refractivity contribution in [2.24, 2.45) is 0 Å². The molecule has 0 aliphatic rings. The van der Waals surface area contributed by atoms with Crippen molar-refractivity contribution in [1.29, 1.82) is 0 Å². The Morgan fingerprint density at radius 1 is 0.958 bits per heavy atom. The van der Waals surface area contributed by atoms with Crippen molar-refractivity contribution in [2.75, 3.05) is 0 Å². The fourth-order valence-electron chi connectivity index (χ4n) is 2.49. The van der Waals surface area contributed by atoms with Crippen LogP contribution in [0.5, 0.6) is 0 Å². The predicted molar refractivity (Wildman–Crippen MR) is 93.0 cm³/mol. The van der Waals surface area contributed by atoms with Crippen LogP contribution in [-0.2, 0) is 0 Å². The molecule has 0 amide bonds. The second-order valence-corrected chi connectivity index (χ2v) is 6.57. The molecule has 6 nitrogen and oxygen atoms in total. The molecule has 118 valence electrons. The molecule has 24 heavy (non-hydrogen) atoms. The van der Waals surface area contributed by atoms with Crippen LogP contribution in [0.15, 0.2) is 66.0 Å². The first-order valence-electron chi connectivity index (χ1n) is 7.53. The second kappa shape index (κ2) is 6.37. The van der Waals surface area contributed by atoms with E-state index >= 15 is 0 Å². The SMILES string of the molecule is CC(Sc1ncnc2ccccc12)c1nnnn1-c1ccccc1. The summed E-state index contributed by atoms with van der Waals surface area (Å²) in [6.45, 7) is 2.08. The zero-order valence-corrected chi connectivity index (χ0v) is 13.8. The molecule has 0 saturated heterocycles. The van der Waals surface area contributed by atoms with Gasteiger partial charge < -0.3 is 0 Å². The largest absolute Gasteiger partial charge is 0.236 e. The van der Waals surface area contributed by atoms with Crippen LogP contribution in [0, 0.1) is 0 Å². The Morgan fingerprint density at radius 2 is 1.75 bits per heavy atom. The van der Waals surface area contributed by atoms with Gasteiger partial charge in [-0.05, 0) is 35.5 Å². The van der Waals surface area contributed by atoms with Crippen LogP contribution in [0.1, 0.15) is 18.0 Å². The monoisotopic (exact) mass is 334 g/mol. The maximum Gasteiger partial charge on any atom is 0.169 e. The highest BCUT2D eigenvalue weighted by atomic mass is 32.2. The average Bonchev–Trinajstić information content (AvgIpc) is 3.13. The van der Waals surface area contributed by atoms with Gasteiger partial charge >= 0.3 is 0 Å². The molecule has 2 heterocycles. The number of hydrogen-bond acceptors (Lipinski definition) is 6. The van der Waals surface area contributed by atoms with E-state index in [2.05, 4.69) is 32.4 Å². The average molecular weight is 334 g/mol. The molecule has 2 aromatic heterocycles. The number of benzene rings is 2. The zero-order valence-electron chi connectivity index (χ0n) is 12.9. The van der Waals surface area contributed by atoms with E-state index < -0.39 is 0 Å². The van der Waals surface area contributed by atoms with Crippen LogP contribution in [0.4, 0.5) is 0 Å². The van der Waals surface area contributed by atoms with Gasteiger partial charge in [-0.15, -0.1) is 5.10 Å². The standard InChI is InChI=1S/C17H14N6S/c1-12(16-20-21-22-23(16)13-7-3-2-4-8-13)24-17-14-9-5-6-10-15(14)18-11-19-17/h2-12H,1H3. The molecule has 0 aliphatic carbocycles. The van der Waals surface area contributed by atoms with Gasteiger partial charge in [0.05, 0.1) is 16.5 Å². The Bertz CT molecular complexity index is 964. The molecular formula is C17H14N6S. The lowest BCUT2D eigenvalue weighted by molar-refractivity contribution is 0.762. The first-order valence-corrected chi connectivity index (χ1v) is 8.41. The van der Waals surface area contributed by atoms with Crippen molar-refractivity contribution in [3.05, 3.63) is 66.7 Å². The first kappa shape index (κ1) is 14.8. The number of tetrazole rings is 1. The molecule has 1 atom stereocenters. The predicted octanol–water partition coefficient (Wildman–Crippen LogP) is 3.46. The van der Waals surface area contributed by atoms with Gasteiger partial charge in [-0.2, -0.15) is 4.68 Å². The Balaban J connectivity index is 1.68. The van der Waals surface area contributed by atoms with E-state index in [0.29, 0.717) is 0 Å². The van der Waals surface area contributed by atoms with E-state index in [1.807, 2.05) is 54.6 Å².